The zero-order valence-electron chi connectivity index (χ0n) is 14.1. The summed E-state index contributed by atoms with van der Waals surface area (Å²) in [5, 5.41) is 32.7. The Morgan fingerprint density at radius 2 is 1.52 bits per heavy atom. The molecule has 2 amide bonds. The van der Waals surface area contributed by atoms with E-state index in [4.69, 9.17) is 0 Å². The number of carbonyl (C=O) groups is 2. The first-order chi connectivity index (χ1) is 12.8. The third-order valence-electron chi connectivity index (χ3n) is 6.46. The lowest BCUT2D eigenvalue weighted by atomic mass is 9.81. The van der Waals surface area contributed by atoms with E-state index in [0.29, 0.717) is 29.3 Å². The van der Waals surface area contributed by atoms with Crippen LogP contribution in [0.25, 0.3) is 10.8 Å². The summed E-state index contributed by atoms with van der Waals surface area (Å²) in [6, 6.07) is 9.29. The van der Waals surface area contributed by atoms with E-state index < -0.39 is 46.2 Å². The molecular formula is C19H16N2O6. The van der Waals surface area contributed by atoms with E-state index in [1.54, 1.807) is 24.3 Å². The molecule has 138 valence electrons. The Kier molecular flexibility index (Phi) is 3.10. The molecule has 2 aromatic carbocycles. The predicted molar refractivity (Wildman–Crippen MR) is 93.5 cm³/mol. The molecule has 8 heteroatoms. The second-order valence-electron chi connectivity index (χ2n) is 7.54. The van der Waals surface area contributed by atoms with Crippen LogP contribution in [0.3, 0.4) is 0 Å². The zero-order valence-corrected chi connectivity index (χ0v) is 14.1. The van der Waals surface area contributed by atoms with Gasteiger partial charge in [0.25, 0.3) is 5.69 Å². The summed E-state index contributed by atoms with van der Waals surface area (Å²) in [5.41, 5.74) is 0.208. The molecule has 27 heavy (non-hydrogen) atoms. The molecule has 3 aliphatic rings. The molecule has 2 aromatic rings. The number of hydrogen-bond acceptors (Lipinski definition) is 6. The van der Waals surface area contributed by atoms with Crippen LogP contribution in [0.15, 0.2) is 36.4 Å². The van der Waals surface area contributed by atoms with E-state index in [1.165, 1.54) is 12.1 Å². The fourth-order valence-corrected chi connectivity index (χ4v) is 5.36. The maximum Gasteiger partial charge on any atom is 0.277 e. The summed E-state index contributed by atoms with van der Waals surface area (Å²) >= 11 is 0. The summed E-state index contributed by atoms with van der Waals surface area (Å²) in [4.78, 5) is 38.1. The van der Waals surface area contributed by atoms with Crippen molar-refractivity contribution in [3.05, 3.63) is 46.5 Å². The number of non-ortho nitro benzene ring substituents is 1. The van der Waals surface area contributed by atoms with E-state index in [-0.39, 0.29) is 5.69 Å². The normalized spacial score (nSPS) is 31.0. The predicted octanol–water partition coefficient (Wildman–Crippen LogP) is 1.57. The monoisotopic (exact) mass is 368 g/mol. The summed E-state index contributed by atoms with van der Waals surface area (Å²) in [7, 11) is 0. The largest absolute Gasteiger partial charge is 0.365 e. The highest BCUT2D eigenvalue weighted by atomic mass is 16.6. The van der Waals surface area contributed by atoms with Gasteiger partial charge in [0.05, 0.1) is 27.8 Å². The number of carbonyl (C=O) groups excluding carboxylic acids is 2. The summed E-state index contributed by atoms with van der Waals surface area (Å²) in [6.45, 7) is 0. The summed E-state index contributed by atoms with van der Waals surface area (Å²) < 4.78 is 0. The molecule has 2 bridgehead atoms. The van der Waals surface area contributed by atoms with Gasteiger partial charge >= 0.3 is 0 Å². The highest BCUT2D eigenvalue weighted by molar-refractivity contribution is 6.26. The number of benzene rings is 2. The van der Waals surface area contributed by atoms with E-state index in [1.807, 2.05) is 0 Å². The van der Waals surface area contributed by atoms with Gasteiger partial charge in [-0.05, 0) is 25.0 Å². The number of nitro benzene ring substituents is 1. The van der Waals surface area contributed by atoms with Crippen molar-refractivity contribution in [2.75, 3.05) is 4.90 Å². The smallest absolute Gasteiger partial charge is 0.277 e. The lowest BCUT2D eigenvalue weighted by Crippen LogP contribution is -2.42. The number of imide groups is 1. The van der Waals surface area contributed by atoms with Crippen molar-refractivity contribution in [1.82, 2.24) is 0 Å². The number of amides is 2. The Labute approximate surface area is 153 Å². The Hall–Kier alpha value is -2.84. The van der Waals surface area contributed by atoms with Crippen LogP contribution in [-0.4, -0.2) is 32.7 Å². The summed E-state index contributed by atoms with van der Waals surface area (Å²) in [6.07, 6.45) is 0.986. The molecule has 1 saturated heterocycles. The number of nitro groups is 1. The number of aliphatic hydroxyl groups is 2. The van der Waals surface area contributed by atoms with Gasteiger partial charge in [-0.2, -0.15) is 0 Å². The van der Waals surface area contributed by atoms with Gasteiger partial charge in [0.2, 0.25) is 11.8 Å². The molecule has 0 spiro atoms. The van der Waals surface area contributed by atoms with E-state index >= 15 is 0 Å². The fraction of sp³-hybridized carbons (Fsp3) is 0.368. The molecule has 0 aromatic heterocycles. The molecular weight excluding hydrogens is 352 g/mol. The van der Waals surface area contributed by atoms with Gasteiger partial charge < -0.3 is 10.2 Å². The van der Waals surface area contributed by atoms with Gasteiger partial charge in [-0.3, -0.25) is 19.7 Å². The maximum absolute atomic E-state index is 13.1. The Balaban J connectivity index is 1.66. The second-order valence-corrected chi connectivity index (χ2v) is 7.54. The van der Waals surface area contributed by atoms with Crippen LogP contribution in [0.1, 0.15) is 12.8 Å². The average molecular weight is 368 g/mol. The van der Waals surface area contributed by atoms with E-state index in [0.717, 1.165) is 4.90 Å². The molecule has 1 aliphatic heterocycles. The van der Waals surface area contributed by atoms with Gasteiger partial charge in [0.1, 0.15) is 0 Å². The minimum atomic E-state index is -1.98. The number of hydrogen-bond donors (Lipinski definition) is 2. The zero-order chi connectivity index (χ0) is 19.1. The Morgan fingerprint density at radius 3 is 2.07 bits per heavy atom. The molecule has 1 unspecified atom stereocenters. The van der Waals surface area contributed by atoms with Crippen molar-refractivity contribution in [3.63, 3.8) is 0 Å². The van der Waals surface area contributed by atoms with Crippen LogP contribution < -0.4 is 4.90 Å². The van der Waals surface area contributed by atoms with Crippen LogP contribution in [-0.2, 0) is 9.59 Å². The van der Waals surface area contributed by atoms with E-state index in [9.17, 15) is 29.9 Å². The molecule has 0 radical (unpaired) electrons. The first-order valence-corrected chi connectivity index (χ1v) is 8.82. The molecule has 8 nitrogen and oxygen atoms in total. The highest BCUT2D eigenvalue weighted by Gasteiger charge is 2.71. The quantitative estimate of drug-likeness (QED) is 0.359. The standard InChI is InChI=1S/C19H16N2O6/c22-17-15-11-5-6-12(19(11,24)25)16(15)18(23)20(17)13-7-8-14(21(26)27)10-4-2-1-3-9(10)13/h1-4,7-8,11-12,15-16,24-25H,5-6H2/t11-,12+,15-,16?/m1/s1. The van der Waals surface area contributed by atoms with Gasteiger partial charge in [0.15, 0.2) is 5.79 Å². The first-order valence-electron chi connectivity index (χ1n) is 8.82. The van der Waals surface area contributed by atoms with Crippen LogP contribution in [0.2, 0.25) is 0 Å². The van der Waals surface area contributed by atoms with Gasteiger partial charge in [0, 0.05) is 23.3 Å². The molecule has 4 atom stereocenters. The van der Waals surface area contributed by atoms with Gasteiger partial charge in [-0.25, -0.2) is 4.90 Å². The average Bonchev–Trinajstić information content (AvgIpc) is 3.17. The van der Waals surface area contributed by atoms with E-state index in [2.05, 4.69) is 0 Å². The van der Waals surface area contributed by atoms with Crippen molar-refractivity contribution in [2.45, 2.75) is 18.6 Å². The third-order valence-corrected chi connectivity index (χ3v) is 6.46. The Bertz CT molecular complexity index is 1000. The SMILES string of the molecule is O=C1C2[C@H](C(=O)N1c1ccc([N+](=O)[O-])c3ccccc13)[C@H]1CC[C@@H]2C1(O)O. The molecule has 3 fully saturated rings. The maximum atomic E-state index is 13.1. The lowest BCUT2D eigenvalue weighted by molar-refractivity contribution is -0.383. The third kappa shape index (κ3) is 1.89. The van der Waals surface area contributed by atoms with Crippen molar-refractivity contribution in [3.8, 4) is 0 Å². The lowest BCUT2D eigenvalue weighted by Gasteiger charge is -2.26. The molecule has 2 aliphatic carbocycles. The van der Waals surface area contributed by atoms with Crippen molar-refractivity contribution < 1.29 is 24.7 Å². The highest BCUT2D eigenvalue weighted by Crippen LogP contribution is 2.61. The minimum absolute atomic E-state index is 0.0987. The first kappa shape index (κ1) is 16.3. The Morgan fingerprint density at radius 1 is 0.963 bits per heavy atom. The van der Waals surface area contributed by atoms with Crippen molar-refractivity contribution in [2.24, 2.45) is 23.7 Å². The number of nitrogens with zero attached hydrogens (tertiary/aromatic N) is 2. The van der Waals surface area contributed by atoms with Crippen LogP contribution in [0.5, 0.6) is 0 Å². The van der Waals surface area contributed by atoms with Crippen LogP contribution in [0.4, 0.5) is 11.4 Å². The molecule has 1 heterocycles. The minimum Gasteiger partial charge on any atom is -0.365 e. The molecule has 5 rings (SSSR count). The number of rotatable bonds is 2. The topological polar surface area (TPSA) is 121 Å². The van der Waals surface area contributed by atoms with Crippen molar-refractivity contribution in [1.29, 1.82) is 0 Å². The van der Waals surface area contributed by atoms with Crippen LogP contribution in [0, 0.1) is 33.8 Å². The molecule has 2 saturated carbocycles. The van der Waals surface area contributed by atoms with Crippen molar-refractivity contribution >= 4 is 34.0 Å². The number of anilines is 1. The van der Waals surface area contributed by atoms with Crippen LogP contribution >= 0.6 is 0 Å². The second kappa shape index (κ2) is 5.11. The van der Waals surface area contributed by atoms with Gasteiger partial charge in [-0.1, -0.05) is 18.2 Å². The molecule has 2 N–H and O–H groups in total. The summed E-state index contributed by atoms with van der Waals surface area (Å²) in [5.74, 6) is -5.70. The number of fused-ring (bicyclic) bond motifs is 6. The fourth-order valence-electron chi connectivity index (χ4n) is 5.36. The van der Waals surface area contributed by atoms with Gasteiger partial charge in [-0.15, -0.1) is 0 Å².